The van der Waals surface area contributed by atoms with Crippen LogP contribution in [0.4, 0.5) is 24.8 Å². The molecule has 0 saturated heterocycles. The first kappa shape index (κ1) is 15.6. The first-order valence-electron chi connectivity index (χ1n) is 6.04. The van der Waals surface area contributed by atoms with Gasteiger partial charge in [-0.2, -0.15) is 13.2 Å². The van der Waals surface area contributed by atoms with E-state index in [-0.39, 0.29) is 17.7 Å². The third kappa shape index (κ3) is 4.94. The van der Waals surface area contributed by atoms with Crippen molar-refractivity contribution in [2.24, 2.45) is 11.8 Å². The lowest BCUT2D eigenvalue weighted by Gasteiger charge is -2.18. The molecule has 0 aliphatic heterocycles. The van der Waals surface area contributed by atoms with Crippen LogP contribution < -0.4 is 16.6 Å². The zero-order valence-corrected chi connectivity index (χ0v) is 11.2. The number of nitrogens with two attached hydrogens (primary N) is 1. The minimum Gasteiger partial charge on any atom is -0.368 e. The number of hydrazine groups is 1. The average Bonchev–Trinajstić information content (AvgIpc) is 2.25. The van der Waals surface area contributed by atoms with Gasteiger partial charge >= 0.3 is 6.18 Å². The largest absolute Gasteiger partial charge is 0.416 e. The summed E-state index contributed by atoms with van der Waals surface area (Å²) in [5.41, 5.74) is 1.36. The van der Waals surface area contributed by atoms with Gasteiger partial charge in [0.1, 0.15) is 11.6 Å². The molecule has 1 aromatic rings. The second kappa shape index (κ2) is 6.10. The molecule has 1 unspecified atom stereocenters. The number of hydrogen-bond donors (Lipinski definition) is 3. The topological polar surface area (TPSA) is 63.0 Å². The molecule has 1 aromatic heterocycles. The molecule has 0 aliphatic rings. The SMILES string of the molecule is CC(C)CC(C)Nc1cc(C(F)(F)F)cc(NN)n1. The van der Waals surface area contributed by atoms with Crippen molar-refractivity contribution in [2.75, 3.05) is 10.7 Å². The van der Waals surface area contributed by atoms with Gasteiger partial charge in [0.25, 0.3) is 0 Å². The number of alkyl halides is 3. The number of nitrogen functional groups attached to an aromatic ring is 1. The summed E-state index contributed by atoms with van der Waals surface area (Å²) in [7, 11) is 0. The van der Waals surface area contributed by atoms with E-state index in [2.05, 4.69) is 15.7 Å². The van der Waals surface area contributed by atoms with Crippen molar-refractivity contribution in [3.05, 3.63) is 17.7 Å². The molecule has 19 heavy (non-hydrogen) atoms. The number of aromatic nitrogens is 1. The summed E-state index contributed by atoms with van der Waals surface area (Å²) in [5.74, 6) is 5.72. The van der Waals surface area contributed by atoms with Crippen molar-refractivity contribution in [3.63, 3.8) is 0 Å². The summed E-state index contributed by atoms with van der Waals surface area (Å²) in [6, 6.07) is 1.89. The fraction of sp³-hybridized carbons (Fsp3) is 0.583. The number of hydrogen-bond acceptors (Lipinski definition) is 4. The van der Waals surface area contributed by atoms with Gasteiger partial charge in [-0.25, -0.2) is 10.8 Å². The van der Waals surface area contributed by atoms with Crippen molar-refractivity contribution in [2.45, 2.75) is 39.4 Å². The Morgan fingerprint density at radius 1 is 1.21 bits per heavy atom. The second-order valence-corrected chi connectivity index (χ2v) is 4.94. The Balaban J connectivity index is 2.94. The lowest BCUT2D eigenvalue weighted by Crippen LogP contribution is -2.20. The number of nitrogens with one attached hydrogen (secondary N) is 2. The molecule has 1 heterocycles. The molecule has 0 saturated carbocycles. The molecule has 7 heteroatoms. The van der Waals surface area contributed by atoms with Gasteiger partial charge in [-0.15, -0.1) is 0 Å². The smallest absolute Gasteiger partial charge is 0.368 e. The molecule has 1 rings (SSSR count). The monoisotopic (exact) mass is 276 g/mol. The van der Waals surface area contributed by atoms with Crippen molar-refractivity contribution >= 4 is 11.6 Å². The molecule has 0 spiro atoms. The zero-order chi connectivity index (χ0) is 14.6. The third-order valence-electron chi connectivity index (χ3n) is 2.52. The molecule has 0 bridgehead atoms. The number of rotatable bonds is 5. The molecule has 0 fully saturated rings. The molecule has 0 aromatic carbocycles. The summed E-state index contributed by atoms with van der Waals surface area (Å²) in [5, 5.41) is 2.95. The molecule has 0 aliphatic carbocycles. The van der Waals surface area contributed by atoms with Crippen LogP contribution in [0.1, 0.15) is 32.8 Å². The maximum atomic E-state index is 12.7. The van der Waals surface area contributed by atoms with E-state index in [1.165, 1.54) is 0 Å². The Hall–Kier alpha value is -1.50. The normalized spacial score (nSPS) is 13.5. The summed E-state index contributed by atoms with van der Waals surface area (Å²) < 4.78 is 38.1. The van der Waals surface area contributed by atoms with Gasteiger partial charge in [-0.05, 0) is 31.4 Å². The molecule has 1 atom stereocenters. The highest BCUT2D eigenvalue weighted by molar-refractivity contribution is 5.49. The van der Waals surface area contributed by atoms with Crippen LogP contribution in [0.3, 0.4) is 0 Å². The fourth-order valence-corrected chi connectivity index (χ4v) is 1.86. The second-order valence-electron chi connectivity index (χ2n) is 4.94. The quantitative estimate of drug-likeness (QED) is 0.570. The van der Waals surface area contributed by atoms with Crippen LogP contribution in [0, 0.1) is 5.92 Å². The van der Waals surface area contributed by atoms with Crippen LogP contribution in [-0.2, 0) is 6.18 Å². The van der Waals surface area contributed by atoms with E-state index < -0.39 is 11.7 Å². The molecule has 4 nitrogen and oxygen atoms in total. The van der Waals surface area contributed by atoms with E-state index in [0.717, 1.165) is 18.6 Å². The van der Waals surface area contributed by atoms with Gasteiger partial charge in [0.2, 0.25) is 0 Å². The molecule has 4 N–H and O–H groups in total. The zero-order valence-electron chi connectivity index (χ0n) is 11.2. The van der Waals surface area contributed by atoms with Gasteiger partial charge in [-0.1, -0.05) is 13.8 Å². The maximum absolute atomic E-state index is 12.7. The highest BCUT2D eigenvalue weighted by atomic mass is 19.4. The Bertz CT molecular complexity index is 418. The first-order valence-corrected chi connectivity index (χ1v) is 6.04. The van der Waals surface area contributed by atoms with E-state index in [1.54, 1.807) is 0 Å². The number of halogens is 3. The van der Waals surface area contributed by atoms with Crippen LogP contribution in [0.5, 0.6) is 0 Å². The molecule has 0 radical (unpaired) electrons. The van der Waals surface area contributed by atoms with Crippen LogP contribution in [-0.4, -0.2) is 11.0 Å². The number of anilines is 2. The van der Waals surface area contributed by atoms with Crippen molar-refractivity contribution in [1.82, 2.24) is 4.98 Å². The lowest BCUT2D eigenvalue weighted by atomic mass is 10.1. The van der Waals surface area contributed by atoms with E-state index in [0.29, 0.717) is 5.92 Å². The molecule has 0 amide bonds. The van der Waals surface area contributed by atoms with Crippen LogP contribution >= 0.6 is 0 Å². The van der Waals surface area contributed by atoms with E-state index >= 15 is 0 Å². The Kier molecular flexibility index (Phi) is 4.99. The summed E-state index contributed by atoms with van der Waals surface area (Å²) in [4.78, 5) is 3.97. The van der Waals surface area contributed by atoms with E-state index in [9.17, 15) is 13.2 Å². The van der Waals surface area contributed by atoms with E-state index in [1.807, 2.05) is 20.8 Å². The summed E-state index contributed by atoms with van der Waals surface area (Å²) in [6.45, 7) is 5.99. The average molecular weight is 276 g/mol. The maximum Gasteiger partial charge on any atom is 0.416 e. The summed E-state index contributed by atoms with van der Waals surface area (Å²) >= 11 is 0. The fourth-order valence-electron chi connectivity index (χ4n) is 1.86. The van der Waals surface area contributed by atoms with Gasteiger partial charge in [0.15, 0.2) is 0 Å². The van der Waals surface area contributed by atoms with Crippen LogP contribution in [0.15, 0.2) is 12.1 Å². The minimum absolute atomic E-state index is 0.0194. The Morgan fingerprint density at radius 2 is 1.79 bits per heavy atom. The van der Waals surface area contributed by atoms with Crippen molar-refractivity contribution < 1.29 is 13.2 Å². The standard InChI is InChI=1S/C12H19F3N4/c1-7(2)4-8(3)17-10-5-9(12(13,14)15)6-11(18-10)19-16/h5-8H,4,16H2,1-3H3,(H2,17,18,19). The van der Waals surface area contributed by atoms with Gasteiger partial charge < -0.3 is 10.7 Å². The number of pyridine rings is 1. The van der Waals surface area contributed by atoms with Gasteiger partial charge in [-0.3, -0.25) is 0 Å². The van der Waals surface area contributed by atoms with Crippen LogP contribution in [0.25, 0.3) is 0 Å². The Morgan fingerprint density at radius 3 is 2.26 bits per heavy atom. The predicted octanol–water partition coefficient (Wildman–Crippen LogP) is 3.23. The minimum atomic E-state index is -4.42. The summed E-state index contributed by atoms with van der Waals surface area (Å²) in [6.07, 6.45) is -3.59. The lowest BCUT2D eigenvalue weighted by molar-refractivity contribution is -0.137. The first-order chi connectivity index (χ1) is 8.72. The third-order valence-corrected chi connectivity index (χ3v) is 2.52. The van der Waals surface area contributed by atoms with Gasteiger partial charge in [0, 0.05) is 6.04 Å². The Labute approximate surface area is 110 Å². The highest BCUT2D eigenvalue weighted by Gasteiger charge is 2.31. The van der Waals surface area contributed by atoms with Crippen molar-refractivity contribution in [1.29, 1.82) is 0 Å². The molecular formula is C12H19F3N4. The van der Waals surface area contributed by atoms with Gasteiger partial charge in [0.05, 0.1) is 5.56 Å². The predicted molar refractivity (Wildman–Crippen MR) is 69.6 cm³/mol. The molecule has 108 valence electrons. The molecular weight excluding hydrogens is 257 g/mol. The van der Waals surface area contributed by atoms with E-state index in [4.69, 9.17) is 5.84 Å². The van der Waals surface area contributed by atoms with Crippen molar-refractivity contribution in [3.8, 4) is 0 Å². The highest BCUT2D eigenvalue weighted by Crippen LogP contribution is 2.32. The number of nitrogens with zero attached hydrogens (tertiary/aromatic N) is 1. The van der Waals surface area contributed by atoms with Crippen LogP contribution in [0.2, 0.25) is 0 Å².